The summed E-state index contributed by atoms with van der Waals surface area (Å²) < 4.78 is 2.16. The third-order valence-corrected chi connectivity index (χ3v) is 3.21. The first kappa shape index (κ1) is 10.2. The highest BCUT2D eigenvalue weighted by Crippen LogP contribution is 2.26. The van der Waals surface area contributed by atoms with Crippen LogP contribution in [0.3, 0.4) is 0 Å². The van der Waals surface area contributed by atoms with Gasteiger partial charge in [-0.05, 0) is 43.2 Å². The van der Waals surface area contributed by atoms with Crippen molar-refractivity contribution in [3.8, 4) is 11.1 Å². The molecule has 3 aromatic rings. The number of fused-ring (bicyclic) bond motifs is 1. The van der Waals surface area contributed by atoms with Gasteiger partial charge in [-0.2, -0.15) is 0 Å². The predicted molar refractivity (Wildman–Crippen MR) is 72.3 cm³/mol. The zero-order valence-corrected chi connectivity index (χ0v) is 10.1. The number of benzene rings is 1. The summed E-state index contributed by atoms with van der Waals surface area (Å²) in [5.74, 6) is 0. The lowest BCUT2D eigenvalue weighted by Gasteiger charge is -2.04. The van der Waals surface area contributed by atoms with Crippen LogP contribution in [0.5, 0.6) is 0 Å². The Bertz CT molecular complexity index is 644. The topological polar surface area (TPSA) is 4.41 Å². The van der Waals surface area contributed by atoms with Crippen LogP contribution < -0.4 is 0 Å². The third kappa shape index (κ3) is 1.74. The van der Waals surface area contributed by atoms with Crippen LogP contribution >= 0.6 is 0 Å². The molecule has 1 nitrogen and oxygen atoms in total. The summed E-state index contributed by atoms with van der Waals surface area (Å²) in [5, 5.41) is 0. The van der Waals surface area contributed by atoms with E-state index in [9.17, 15) is 0 Å². The largest absolute Gasteiger partial charge is 0.323 e. The van der Waals surface area contributed by atoms with Crippen molar-refractivity contribution in [1.82, 2.24) is 4.40 Å². The van der Waals surface area contributed by atoms with Crippen molar-refractivity contribution in [2.45, 2.75) is 13.8 Å². The van der Waals surface area contributed by atoms with Crippen molar-refractivity contribution in [3.05, 3.63) is 66.0 Å². The molecule has 0 saturated heterocycles. The number of hydrogen-bond acceptors (Lipinski definition) is 0. The monoisotopic (exact) mass is 221 g/mol. The molecule has 0 bridgehead atoms. The number of aryl methyl sites for hydroxylation is 2. The second-order valence-corrected chi connectivity index (χ2v) is 4.58. The van der Waals surface area contributed by atoms with Gasteiger partial charge in [-0.3, -0.25) is 0 Å². The molecule has 0 spiro atoms. The van der Waals surface area contributed by atoms with Gasteiger partial charge < -0.3 is 4.40 Å². The Balaban J connectivity index is 2.23. The molecule has 0 radical (unpaired) electrons. The minimum Gasteiger partial charge on any atom is -0.323 e. The zero-order valence-electron chi connectivity index (χ0n) is 10.1. The molecule has 0 N–H and O–H groups in total. The van der Waals surface area contributed by atoms with Gasteiger partial charge in [0.1, 0.15) is 0 Å². The van der Waals surface area contributed by atoms with Crippen molar-refractivity contribution in [1.29, 1.82) is 0 Å². The second-order valence-electron chi connectivity index (χ2n) is 4.58. The zero-order chi connectivity index (χ0) is 11.8. The lowest BCUT2D eigenvalue weighted by atomic mass is 10.0. The van der Waals surface area contributed by atoms with Crippen LogP contribution in [0.15, 0.2) is 54.9 Å². The van der Waals surface area contributed by atoms with Gasteiger partial charge in [0, 0.05) is 23.5 Å². The molecular weight excluding hydrogens is 206 g/mol. The van der Waals surface area contributed by atoms with Crippen LogP contribution in [0.2, 0.25) is 0 Å². The van der Waals surface area contributed by atoms with Crippen molar-refractivity contribution >= 4 is 5.52 Å². The van der Waals surface area contributed by atoms with E-state index in [4.69, 9.17) is 0 Å². The lowest BCUT2D eigenvalue weighted by molar-refractivity contribution is 1.20. The molecule has 0 aliphatic heterocycles. The fourth-order valence-electron chi connectivity index (χ4n) is 2.25. The first-order chi connectivity index (χ1) is 8.24. The Hall–Kier alpha value is -2.02. The van der Waals surface area contributed by atoms with E-state index in [1.165, 1.54) is 27.8 Å². The van der Waals surface area contributed by atoms with E-state index in [0.717, 1.165) is 0 Å². The number of hydrogen-bond donors (Lipinski definition) is 0. The van der Waals surface area contributed by atoms with E-state index >= 15 is 0 Å². The molecule has 0 fully saturated rings. The molecule has 0 aliphatic carbocycles. The third-order valence-electron chi connectivity index (χ3n) is 3.21. The van der Waals surface area contributed by atoms with Gasteiger partial charge in [0.25, 0.3) is 0 Å². The summed E-state index contributed by atoms with van der Waals surface area (Å²) >= 11 is 0. The fourth-order valence-corrected chi connectivity index (χ4v) is 2.25. The first-order valence-corrected chi connectivity index (χ1v) is 5.88. The summed E-state index contributed by atoms with van der Waals surface area (Å²) in [6, 6.07) is 15.1. The van der Waals surface area contributed by atoms with Crippen LogP contribution in [-0.2, 0) is 0 Å². The Morgan fingerprint density at radius 2 is 1.82 bits per heavy atom. The molecule has 2 heterocycles. The van der Waals surface area contributed by atoms with Crippen molar-refractivity contribution < 1.29 is 0 Å². The van der Waals surface area contributed by atoms with Crippen molar-refractivity contribution in [2.75, 3.05) is 0 Å². The van der Waals surface area contributed by atoms with Gasteiger partial charge in [0.05, 0.1) is 0 Å². The number of rotatable bonds is 1. The molecule has 2 aromatic heterocycles. The Labute approximate surface area is 101 Å². The van der Waals surface area contributed by atoms with Crippen molar-refractivity contribution in [3.63, 3.8) is 0 Å². The lowest BCUT2D eigenvalue weighted by Crippen LogP contribution is -1.82. The smallest absolute Gasteiger partial charge is 0.0456 e. The van der Waals surface area contributed by atoms with Crippen LogP contribution in [0.25, 0.3) is 16.6 Å². The maximum Gasteiger partial charge on any atom is 0.0456 e. The Kier molecular flexibility index (Phi) is 2.25. The predicted octanol–water partition coefficient (Wildman–Crippen LogP) is 4.22. The average molecular weight is 221 g/mol. The molecule has 17 heavy (non-hydrogen) atoms. The summed E-state index contributed by atoms with van der Waals surface area (Å²) in [6.07, 6.45) is 4.28. The summed E-state index contributed by atoms with van der Waals surface area (Å²) in [6.45, 7) is 4.30. The molecular formula is C16H15N. The number of nitrogens with zero attached hydrogens (tertiary/aromatic N) is 1. The van der Waals surface area contributed by atoms with E-state index in [1.54, 1.807) is 0 Å². The molecule has 0 aliphatic rings. The maximum absolute atomic E-state index is 2.25. The highest BCUT2D eigenvalue weighted by molar-refractivity contribution is 5.73. The summed E-state index contributed by atoms with van der Waals surface area (Å²) in [5.41, 5.74) is 6.49. The van der Waals surface area contributed by atoms with Gasteiger partial charge in [-0.15, -0.1) is 0 Å². The normalized spacial score (nSPS) is 10.9. The molecule has 1 heteroatoms. The summed E-state index contributed by atoms with van der Waals surface area (Å²) in [4.78, 5) is 0. The molecule has 3 rings (SSSR count). The average Bonchev–Trinajstić information content (AvgIpc) is 2.75. The minimum absolute atomic E-state index is 1.24. The SMILES string of the molecule is Cc1ccc(C)c(-c2cc3ccccn3c2)c1. The Morgan fingerprint density at radius 1 is 0.941 bits per heavy atom. The van der Waals surface area contributed by atoms with Gasteiger partial charge in [-0.1, -0.05) is 29.8 Å². The number of pyridine rings is 1. The van der Waals surface area contributed by atoms with Gasteiger partial charge in [-0.25, -0.2) is 0 Å². The van der Waals surface area contributed by atoms with Gasteiger partial charge in [0.15, 0.2) is 0 Å². The maximum atomic E-state index is 2.25. The summed E-state index contributed by atoms with van der Waals surface area (Å²) in [7, 11) is 0. The Morgan fingerprint density at radius 3 is 2.65 bits per heavy atom. The van der Waals surface area contributed by atoms with Crippen LogP contribution in [-0.4, -0.2) is 4.40 Å². The van der Waals surface area contributed by atoms with E-state index in [1.807, 2.05) is 0 Å². The second kappa shape index (κ2) is 3.77. The van der Waals surface area contributed by atoms with Gasteiger partial charge in [0.2, 0.25) is 0 Å². The van der Waals surface area contributed by atoms with E-state index in [0.29, 0.717) is 0 Å². The quantitative estimate of drug-likeness (QED) is 0.579. The van der Waals surface area contributed by atoms with Crippen LogP contribution in [0.4, 0.5) is 0 Å². The minimum atomic E-state index is 1.24. The van der Waals surface area contributed by atoms with Crippen LogP contribution in [0, 0.1) is 13.8 Å². The standard InChI is InChI=1S/C16H15N/c1-12-6-7-13(2)16(9-12)14-10-15-5-3-4-8-17(15)11-14/h3-11H,1-2H3. The molecule has 0 saturated carbocycles. The van der Waals surface area contributed by atoms with E-state index in [-0.39, 0.29) is 0 Å². The molecule has 0 amide bonds. The molecule has 0 atom stereocenters. The number of aromatic nitrogens is 1. The fraction of sp³-hybridized carbons (Fsp3) is 0.125. The van der Waals surface area contributed by atoms with E-state index < -0.39 is 0 Å². The highest BCUT2D eigenvalue weighted by atomic mass is 14.8. The van der Waals surface area contributed by atoms with Crippen molar-refractivity contribution in [2.24, 2.45) is 0 Å². The first-order valence-electron chi connectivity index (χ1n) is 5.88. The van der Waals surface area contributed by atoms with Crippen LogP contribution in [0.1, 0.15) is 11.1 Å². The highest BCUT2D eigenvalue weighted by Gasteiger charge is 2.05. The molecule has 84 valence electrons. The van der Waals surface area contributed by atoms with E-state index in [2.05, 4.69) is 73.1 Å². The molecule has 0 unspecified atom stereocenters. The van der Waals surface area contributed by atoms with Gasteiger partial charge >= 0.3 is 0 Å². The molecule has 1 aromatic carbocycles.